The van der Waals surface area contributed by atoms with Crippen LogP contribution in [0.5, 0.6) is 0 Å². The van der Waals surface area contributed by atoms with E-state index in [1.54, 1.807) is 7.05 Å². The van der Waals surface area contributed by atoms with Crippen LogP contribution in [0.3, 0.4) is 0 Å². The standard InChI is InChI=1S/C7H13NO3/c1-5(9)3-4-6(8-2)7(10)11/h6,8H,3-4H2,1-2H3,(H,10,11)/t6-/m1/s1. The molecular formula is C7H13NO3. The number of carbonyl (C=O) groups excluding carboxylic acids is 1. The molecule has 0 aliphatic carbocycles. The van der Waals surface area contributed by atoms with Crippen molar-refractivity contribution in [3.63, 3.8) is 0 Å². The average molecular weight is 159 g/mol. The van der Waals surface area contributed by atoms with Gasteiger partial charge in [0.2, 0.25) is 0 Å². The third-order valence-corrected chi connectivity index (χ3v) is 1.43. The summed E-state index contributed by atoms with van der Waals surface area (Å²) in [6, 6.07) is -0.598. The van der Waals surface area contributed by atoms with Crippen LogP contribution in [0.25, 0.3) is 0 Å². The molecule has 0 radical (unpaired) electrons. The summed E-state index contributed by atoms with van der Waals surface area (Å²) in [5.41, 5.74) is 0. The fourth-order valence-corrected chi connectivity index (χ4v) is 0.739. The highest BCUT2D eigenvalue weighted by atomic mass is 16.4. The Balaban J connectivity index is 3.70. The van der Waals surface area contributed by atoms with Crippen LogP contribution < -0.4 is 5.32 Å². The number of carboxylic acids is 1. The highest BCUT2D eigenvalue weighted by Crippen LogP contribution is 1.97. The highest BCUT2D eigenvalue weighted by molar-refractivity contribution is 5.78. The van der Waals surface area contributed by atoms with Crippen molar-refractivity contribution < 1.29 is 14.7 Å². The fraction of sp³-hybridized carbons (Fsp3) is 0.714. The molecule has 0 bridgehead atoms. The molecule has 4 nitrogen and oxygen atoms in total. The number of Topliss-reactive ketones (excluding diaryl/α,β-unsaturated/α-hetero) is 1. The lowest BCUT2D eigenvalue weighted by molar-refractivity contribution is -0.139. The van der Waals surface area contributed by atoms with E-state index in [-0.39, 0.29) is 5.78 Å². The number of carbonyl (C=O) groups is 2. The Morgan fingerprint density at radius 3 is 2.36 bits per heavy atom. The molecule has 0 aliphatic heterocycles. The van der Waals surface area contributed by atoms with Crippen molar-refractivity contribution in [1.29, 1.82) is 0 Å². The van der Waals surface area contributed by atoms with Crippen molar-refractivity contribution in [2.24, 2.45) is 0 Å². The first-order valence-corrected chi connectivity index (χ1v) is 3.47. The van der Waals surface area contributed by atoms with Gasteiger partial charge in [0.15, 0.2) is 0 Å². The molecule has 0 heterocycles. The van der Waals surface area contributed by atoms with Crippen LogP contribution in [0.15, 0.2) is 0 Å². The number of ketones is 1. The van der Waals surface area contributed by atoms with Crippen LogP contribution in [0, 0.1) is 0 Å². The van der Waals surface area contributed by atoms with Crippen molar-refractivity contribution >= 4 is 11.8 Å². The number of hydrogen-bond donors (Lipinski definition) is 2. The van der Waals surface area contributed by atoms with Crippen molar-refractivity contribution in [1.82, 2.24) is 5.32 Å². The lowest BCUT2D eigenvalue weighted by Gasteiger charge is -2.08. The van der Waals surface area contributed by atoms with Crippen molar-refractivity contribution in [2.45, 2.75) is 25.8 Å². The van der Waals surface area contributed by atoms with Crippen LogP contribution >= 0.6 is 0 Å². The number of rotatable bonds is 5. The van der Waals surface area contributed by atoms with Gasteiger partial charge in [-0.1, -0.05) is 0 Å². The van der Waals surface area contributed by atoms with Crippen molar-refractivity contribution in [3.05, 3.63) is 0 Å². The van der Waals surface area contributed by atoms with Gasteiger partial charge in [0.05, 0.1) is 0 Å². The molecule has 0 rings (SSSR count). The summed E-state index contributed by atoms with van der Waals surface area (Å²) in [5, 5.41) is 11.1. The summed E-state index contributed by atoms with van der Waals surface area (Å²) in [4.78, 5) is 20.8. The van der Waals surface area contributed by atoms with E-state index in [1.165, 1.54) is 6.92 Å². The molecule has 0 aromatic heterocycles. The van der Waals surface area contributed by atoms with Gasteiger partial charge < -0.3 is 15.2 Å². The van der Waals surface area contributed by atoms with Gasteiger partial charge in [0.1, 0.15) is 11.8 Å². The molecular weight excluding hydrogens is 146 g/mol. The minimum atomic E-state index is -0.909. The largest absolute Gasteiger partial charge is 0.480 e. The zero-order valence-corrected chi connectivity index (χ0v) is 6.76. The maximum atomic E-state index is 10.5. The Hall–Kier alpha value is -0.900. The molecule has 0 aromatic carbocycles. The maximum Gasteiger partial charge on any atom is 0.320 e. The molecule has 0 saturated carbocycles. The third kappa shape index (κ3) is 4.50. The molecule has 0 saturated heterocycles. The summed E-state index contributed by atoms with van der Waals surface area (Å²) >= 11 is 0. The van der Waals surface area contributed by atoms with Gasteiger partial charge in [-0.25, -0.2) is 0 Å². The summed E-state index contributed by atoms with van der Waals surface area (Å²) in [7, 11) is 1.57. The topological polar surface area (TPSA) is 66.4 Å². The van der Waals surface area contributed by atoms with Crippen molar-refractivity contribution in [2.75, 3.05) is 7.05 Å². The van der Waals surface area contributed by atoms with Crippen LogP contribution in [0.2, 0.25) is 0 Å². The quantitative estimate of drug-likeness (QED) is 0.594. The van der Waals surface area contributed by atoms with Gasteiger partial charge in [0, 0.05) is 6.42 Å². The minimum Gasteiger partial charge on any atom is -0.480 e. The Kier molecular flexibility index (Phi) is 4.45. The van der Waals surface area contributed by atoms with Crippen LogP contribution in [0.1, 0.15) is 19.8 Å². The Morgan fingerprint density at radius 1 is 1.55 bits per heavy atom. The minimum absolute atomic E-state index is 0.0199. The molecule has 0 unspecified atom stereocenters. The number of likely N-dealkylation sites (N-methyl/N-ethyl adjacent to an activating group) is 1. The van der Waals surface area contributed by atoms with Gasteiger partial charge in [-0.05, 0) is 20.4 Å². The highest BCUT2D eigenvalue weighted by Gasteiger charge is 2.14. The second-order valence-corrected chi connectivity index (χ2v) is 2.42. The number of aliphatic carboxylic acids is 1. The second kappa shape index (κ2) is 4.85. The second-order valence-electron chi connectivity index (χ2n) is 2.42. The third-order valence-electron chi connectivity index (χ3n) is 1.43. The summed E-state index contributed by atoms with van der Waals surface area (Å²) in [6.07, 6.45) is 0.680. The first kappa shape index (κ1) is 10.1. The molecule has 0 aromatic rings. The number of nitrogens with one attached hydrogen (secondary N) is 1. The molecule has 11 heavy (non-hydrogen) atoms. The van der Waals surface area contributed by atoms with Crippen LogP contribution in [-0.4, -0.2) is 29.9 Å². The molecule has 1 atom stereocenters. The van der Waals surface area contributed by atoms with Gasteiger partial charge in [-0.3, -0.25) is 4.79 Å². The molecule has 0 amide bonds. The molecule has 64 valence electrons. The Morgan fingerprint density at radius 2 is 2.09 bits per heavy atom. The fourth-order valence-electron chi connectivity index (χ4n) is 0.739. The van der Waals surface area contributed by atoms with Crippen LogP contribution in [0.4, 0.5) is 0 Å². The van der Waals surface area contributed by atoms with E-state index in [9.17, 15) is 9.59 Å². The van der Waals surface area contributed by atoms with E-state index < -0.39 is 12.0 Å². The van der Waals surface area contributed by atoms with E-state index >= 15 is 0 Å². The van der Waals surface area contributed by atoms with Gasteiger partial charge in [0.25, 0.3) is 0 Å². The lowest BCUT2D eigenvalue weighted by atomic mass is 10.1. The zero-order valence-electron chi connectivity index (χ0n) is 6.76. The zero-order chi connectivity index (χ0) is 8.85. The first-order valence-electron chi connectivity index (χ1n) is 3.47. The first-order chi connectivity index (χ1) is 5.07. The van der Waals surface area contributed by atoms with E-state index in [1.807, 2.05) is 0 Å². The predicted molar refractivity (Wildman–Crippen MR) is 40.4 cm³/mol. The molecule has 0 aliphatic rings. The predicted octanol–water partition coefficient (Wildman–Crippen LogP) is 0.0282. The number of carboxylic acid groups (broad SMARTS) is 1. The Labute approximate surface area is 65.6 Å². The normalized spacial score (nSPS) is 12.5. The van der Waals surface area contributed by atoms with Gasteiger partial charge in [-0.2, -0.15) is 0 Å². The maximum absolute atomic E-state index is 10.5. The van der Waals surface area contributed by atoms with E-state index in [4.69, 9.17) is 5.11 Å². The SMILES string of the molecule is CN[C@H](CCC(C)=O)C(=O)O. The monoisotopic (exact) mass is 159 g/mol. The molecule has 0 fully saturated rings. The summed E-state index contributed by atoms with van der Waals surface area (Å²) in [6.45, 7) is 1.45. The van der Waals surface area contributed by atoms with Gasteiger partial charge >= 0.3 is 5.97 Å². The van der Waals surface area contributed by atoms with Crippen LogP contribution in [-0.2, 0) is 9.59 Å². The van der Waals surface area contributed by atoms with Gasteiger partial charge in [-0.15, -0.1) is 0 Å². The van der Waals surface area contributed by atoms with Crippen molar-refractivity contribution in [3.8, 4) is 0 Å². The summed E-state index contributed by atoms with van der Waals surface area (Å²) < 4.78 is 0. The smallest absolute Gasteiger partial charge is 0.320 e. The van der Waals surface area contributed by atoms with E-state index in [0.29, 0.717) is 12.8 Å². The molecule has 4 heteroatoms. The van der Waals surface area contributed by atoms with E-state index in [2.05, 4.69) is 5.32 Å². The average Bonchev–Trinajstić information content (AvgIpc) is 1.87. The Bertz CT molecular complexity index is 156. The molecule has 0 spiro atoms. The lowest BCUT2D eigenvalue weighted by Crippen LogP contribution is -2.34. The summed E-state index contributed by atoms with van der Waals surface area (Å²) in [5.74, 6) is -0.889. The number of hydrogen-bond acceptors (Lipinski definition) is 3. The van der Waals surface area contributed by atoms with E-state index in [0.717, 1.165) is 0 Å². The molecule has 2 N–H and O–H groups in total.